The highest BCUT2D eigenvalue weighted by atomic mass is 32.2. The summed E-state index contributed by atoms with van der Waals surface area (Å²) in [7, 11) is -3.71. The van der Waals surface area contributed by atoms with Crippen LogP contribution < -0.4 is 0 Å². The molecule has 0 amide bonds. The van der Waals surface area contributed by atoms with Crippen molar-refractivity contribution in [2.24, 2.45) is 23.7 Å². The van der Waals surface area contributed by atoms with E-state index in [0.29, 0.717) is 24.9 Å². The van der Waals surface area contributed by atoms with Gasteiger partial charge < -0.3 is 9.47 Å². The van der Waals surface area contributed by atoms with E-state index in [2.05, 4.69) is 0 Å². The molecule has 1 spiro atoms. The maximum absolute atomic E-state index is 12.4. The van der Waals surface area contributed by atoms with Crippen molar-refractivity contribution in [3.05, 3.63) is 29.8 Å². The summed E-state index contributed by atoms with van der Waals surface area (Å²) in [5, 5.41) is 0. The second kappa shape index (κ2) is 7.08. The minimum atomic E-state index is -3.71. The van der Waals surface area contributed by atoms with Crippen molar-refractivity contribution in [1.82, 2.24) is 0 Å². The van der Waals surface area contributed by atoms with E-state index in [1.165, 1.54) is 32.1 Å². The van der Waals surface area contributed by atoms with Crippen LogP contribution in [0.5, 0.6) is 0 Å². The predicted octanol–water partition coefficient (Wildman–Crippen LogP) is 4.05. The highest BCUT2D eigenvalue weighted by Crippen LogP contribution is 2.61. The molecule has 6 rings (SSSR count). The Hall–Kier alpha value is -0.950. The molecule has 1 aromatic rings. The Morgan fingerprint density at radius 2 is 1.68 bits per heavy atom. The zero-order chi connectivity index (χ0) is 19.4. The van der Waals surface area contributed by atoms with Gasteiger partial charge in [0.2, 0.25) is 0 Å². The van der Waals surface area contributed by atoms with Crippen LogP contribution in [0.2, 0.25) is 0 Å². The van der Waals surface area contributed by atoms with Crippen LogP contribution in [0.4, 0.5) is 0 Å². The summed E-state index contributed by atoms with van der Waals surface area (Å²) in [4.78, 5) is 0.212. The number of benzene rings is 1. The molecule has 4 saturated carbocycles. The summed E-state index contributed by atoms with van der Waals surface area (Å²) in [6, 6.07) is 6.76. The van der Waals surface area contributed by atoms with E-state index in [-0.39, 0.29) is 17.6 Å². The van der Waals surface area contributed by atoms with Gasteiger partial charge in [0.15, 0.2) is 5.79 Å². The summed E-state index contributed by atoms with van der Waals surface area (Å²) in [5.74, 6) is 2.35. The Labute approximate surface area is 167 Å². The molecular formula is C22H30O5S. The minimum absolute atomic E-state index is 0.0134. The Morgan fingerprint density at radius 3 is 2.32 bits per heavy atom. The summed E-state index contributed by atoms with van der Waals surface area (Å²) in [5.41, 5.74) is 1.02. The van der Waals surface area contributed by atoms with E-state index in [4.69, 9.17) is 13.7 Å². The molecule has 0 aromatic heterocycles. The first-order valence-electron chi connectivity index (χ1n) is 10.7. The molecule has 4 aliphatic carbocycles. The van der Waals surface area contributed by atoms with Gasteiger partial charge in [-0.3, -0.25) is 4.18 Å². The number of aryl methyl sites for hydroxylation is 1. The first kappa shape index (κ1) is 19.0. The highest BCUT2D eigenvalue weighted by Gasteiger charge is 2.60. The Balaban J connectivity index is 1.20. The lowest BCUT2D eigenvalue weighted by Gasteiger charge is -2.61. The molecule has 0 N–H and O–H groups in total. The zero-order valence-electron chi connectivity index (χ0n) is 16.5. The molecule has 0 unspecified atom stereocenters. The molecule has 6 heteroatoms. The Morgan fingerprint density at radius 1 is 1.04 bits per heavy atom. The average Bonchev–Trinajstić information content (AvgIpc) is 2.66. The molecular weight excluding hydrogens is 376 g/mol. The topological polar surface area (TPSA) is 61.8 Å². The van der Waals surface area contributed by atoms with Crippen LogP contribution in [0.25, 0.3) is 0 Å². The SMILES string of the molecule is Cc1ccc(S(=O)(=O)OCC[C@@H]2CCOC3(O2)C2CC4CC(C2)CC3C4)cc1. The first-order chi connectivity index (χ1) is 13.4. The fourth-order valence-corrected chi connectivity index (χ4v) is 7.16. The third-order valence-corrected chi connectivity index (χ3v) is 8.71. The molecule has 154 valence electrons. The summed E-state index contributed by atoms with van der Waals surface area (Å²) < 4.78 is 43.0. The minimum Gasteiger partial charge on any atom is -0.349 e. The lowest BCUT2D eigenvalue weighted by molar-refractivity contribution is -0.376. The first-order valence-corrected chi connectivity index (χ1v) is 12.1. The van der Waals surface area contributed by atoms with Crippen LogP contribution in [0, 0.1) is 30.6 Å². The van der Waals surface area contributed by atoms with Crippen LogP contribution in [-0.4, -0.2) is 33.5 Å². The molecule has 5 fully saturated rings. The van der Waals surface area contributed by atoms with Crippen LogP contribution in [0.15, 0.2) is 29.2 Å². The summed E-state index contributed by atoms with van der Waals surface area (Å²) >= 11 is 0. The normalized spacial score (nSPS) is 39.5. The average molecular weight is 407 g/mol. The van der Waals surface area contributed by atoms with Gasteiger partial charge in [-0.1, -0.05) is 17.7 Å². The van der Waals surface area contributed by atoms with Gasteiger partial charge in [-0.15, -0.1) is 0 Å². The smallest absolute Gasteiger partial charge is 0.296 e. The van der Waals surface area contributed by atoms with Crippen molar-refractivity contribution in [3.8, 4) is 0 Å². The molecule has 0 radical (unpaired) electrons. The third-order valence-electron chi connectivity index (χ3n) is 7.38. The lowest BCUT2D eigenvalue weighted by atomic mass is 9.53. The molecule has 28 heavy (non-hydrogen) atoms. The lowest BCUT2D eigenvalue weighted by Crippen LogP contribution is -2.63. The van der Waals surface area contributed by atoms with Crippen molar-refractivity contribution in [2.75, 3.05) is 13.2 Å². The molecule has 5 nitrogen and oxygen atoms in total. The van der Waals surface area contributed by atoms with Crippen molar-refractivity contribution >= 4 is 10.1 Å². The van der Waals surface area contributed by atoms with E-state index >= 15 is 0 Å². The molecule has 1 aromatic carbocycles. The number of ether oxygens (including phenoxy) is 2. The van der Waals surface area contributed by atoms with E-state index in [1.807, 2.05) is 6.92 Å². The Bertz CT molecular complexity index is 788. The molecule has 1 aliphatic heterocycles. The van der Waals surface area contributed by atoms with Crippen LogP contribution in [0.1, 0.15) is 50.5 Å². The van der Waals surface area contributed by atoms with Gasteiger partial charge in [0.25, 0.3) is 10.1 Å². The highest BCUT2D eigenvalue weighted by molar-refractivity contribution is 7.86. The maximum Gasteiger partial charge on any atom is 0.296 e. The quantitative estimate of drug-likeness (QED) is 0.691. The monoisotopic (exact) mass is 406 g/mol. The zero-order valence-corrected chi connectivity index (χ0v) is 17.3. The molecule has 5 aliphatic rings. The van der Waals surface area contributed by atoms with E-state index in [1.54, 1.807) is 24.3 Å². The van der Waals surface area contributed by atoms with Crippen LogP contribution in [0.3, 0.4) is 0 Å². The maximum atomic E-state index is 12.4. The largest absolute Gasteiger partial charge is 0.349 e. The van der Waals surface area contributed by atoms with Crippen molar-refractivity contribution in [1.29, 1.82) is 0 Å². The van der Waals surface area contributed by atoms with E-state index in [9.17, 15) is 8.42 Å². The van der Waals surface area contributed by atoms with Gasteiger partial charge in [-0.25, -0.2) is 0 Å². The Kier molecular flexibility index (Phi) is 4.81. The molecule has 1 heterocycles. The van der Waals surface area contributed by atoms with Crippen LogP contribution in [-0.2, 0) is 23.8 Å². The standard InChI is InChI=1S/C22H30O5S/c1-15-2-4-21(5-3-15)28(23,24)26-9-7-20-6-8-25-22(27-20)18-11-16-10-17(13-18)14-19(22)12-16/h2-5,16-20H,6-14H2,1H3/t16?,17?,18?,19?,20-,22?/m0/s1. The van der Waals surface area contributed by atoms with Crippen molar-refractivity contribution < 1.29 is 22.1 Å². The number of hydrogen-bond acceptors (Lipinski definition) is 5. The molecule has 1 atom stereocenters. The summed E-state index contributed by atoms with van der Waals surface area (Å²) in [6.45, 7) is 2.79. The summed E-state index contributed by atoms with van der Waals surface area (Å²) in [6.07, 6.45) is 7.74. The van der Waals surface area contributed by atoms with Gasteiger partial charge in [-0.2, -0.15) is 8.42 Å². The van der Waals surface area contributed by atoms with Gasteiger partial charge in [0.1, 0.15) is 0 Å². The van der Waals surface area contributed by atoms with E-state index < -0.39 is 15.9 Å². The van der Waals surface area contributed by atoms with Crippen molar-refractivity contribution in [3.63, 3.8) is 0 Å². The third kappa shape index (κ3) is 3.32. The van der Waals surface area contributed by atoms with E-state index in [0.717, 1.165) is 23.8 Å². The number of hydrogen-bond donors (Lipinski definition) is 0. The van der Waals surface area contributed by atoms with Gasteiger partial charge in [0, 0.05) is 11.8 Å². The fraction of sp³-hybridized carbons (Fsp3) is 0.727. The fourth-order valence-electron chi connectivity index (χ4n) is 6.24. The second-order valence-corrected chi connectivity index (χ2v) is 10.9. The predicted molar refractivity (Wildman–Crippen MR) is 104 cm³/mol. The van der Waals surface area contributed by atoms with Crippen molar-refractivity contribution in [2.45, 2.75) is 68.7 Å². The van der Waals surface area contributed by atoms with Gasteiger partial charge >= 0.3 is 0 Å². The number of rotatable bonds is 5. The second-order valence-electron chi connectivity index (χ2n) is 9.28. The van der Waals surface area contributed by atoms with Crippen LogP contribution >= 0.6 is 0 Å². The van der Waals surface area contributed by atoms with Gasteiger partial charge in [0.05, 0.1) is 24.2 Å². The molecule has 1 saturated heterocycles. The van der Waals surface area contributed by atoms with Gasteiger partial charge in [-0.05, 0) is 75.8 Å². The molecule has 4 bridgehead atoms.